The Kier molecular flexibility index (Phi) is 4.66. The zero-order valence-electron chi connectivity index (χ0n) is 11.5. The maximum Gasteiger partial charge on any atom is 0.0436 e. The van der Waals surface area contributed by atoms with Crippen LogP contribution >= 0.6 is 11.6 Å². The zero-order valence-corrected chi connectivity index (χ0v) is 12.2. The van der Waals surface area contributed by atoms with Crippen LogP contribution in [0.3, 0.4) is 0 Å². The number of hydrogen-bond acceptors (Lipinski definition) is 2. The maximum absolute atomic E-state index is 5.92. The molecule has 2 rings (SSSR count). The molecule has 3 heteroatoms. The van der Waals surface area contributed by atoms with E-state index in [1.165, 1.54) is 24.8 Å². The first-order valence-electron chi connectivity index (χ1n) is 6.88. The molecule has 1 N–H and O–H groups in total. The number of benzene rings is 1. The van der Waals surface area contributed by atoms with Crippen LogP contribution < -0.4 is 5.43 Å². The van der Waals surface area contributed by atoms with Crippen LogP contribution in [0.25, 0.3) is 0 Å². The molecule has 1 aliphatic heterocycles. The molecular formula is C15H23ClN2. The molecule has 0 amide bonds. The second-order valence-electron chi connectivity index (χ2n) is 5.44. The smallest absolute Gasteiger partial charge is 0.0436 e. The summed E-state index contributed by atoms with van der Waals surface area (Å²) in [4.78, 5) is 0. The molecule has 1 aliphatic rings. The Morgan fingerprint density at radius 2 is 1.72 bits per heavy atom. The number of rotatable bonds is 3. The first-order chi connectivity index (χ1) is 8.58. The van der Waals surface area contributed by atoms with E-state index < -0.39 is 0 Å². The first-order valence-corrected chi connectivity index (χ1v) is 7.25. The fourth-order valence-electron chi connectivity index (χ4n) is 2.73. The van der Waals surface area contributed by atoms with Gasteiger partial charge in [0.15, 0.2) is 0 Å². The van der Waals surface area contributed by atoms with Crippen LogP contribution in [-0.2, 0) is 0 Å². The van der Waals surface area contributed by atoms with Crippen molar-refractivity contribution in [2.24, 2.45) is 0 Å². The third kappa shape index (κ3) is 3.25. The van der Waals surface area contributed by atoms with Crippen LogP contribution in [0.1, 0.15) is 51.6 Å². The van der Waals surface area contributed by atoms with Gasteiger partial charge in [0, 0.05) is 23.1 Å². The zero-order chi connectivity index (χ0) is 13.1. The Morgan fingerprint density at radius 3 is 2.28 bits per heavy atom. The van der Waals surface area contributed by atoms with Gasteiger partial charge in [0.25, 0.3) is 0 Å². The first kappa shape index (κ1) is 13.9. The molecule has 2 nitrogen and oxygen atoms in total. The lowest BCUT2D eigenvalue weighted by Crippen LogP contribution is -2.52. The van der Waals surface area contributed by atoms with Crippen LogP contribution in [0, 0.1) is 0 Å². The number of hydrogen-bond donors (Lipinski definition) is 1. The molecule has 100 valence electrons. The predicted octanol–water partition coefficient (Wildman–Crippen LogP) is 4.17. The van der Waals surface area contributed by atoms with Gasteiger partial charge in [-0.05, 0) is 51.3 Å². The van der Waals surface area contributed by atoms with Gasteiger partial charge in [0.05, 0.1) is 0 Å². The van der Waals surface area contributed by atoms with Crippen LogP contribution in [-0.4, -0.2) is 17.1 Å². The van der Waals surface area contributed by atoms with Crippen LogP contribution in [0.15, 0.2) is 24.3 Å². The van der Waals surface area contributed by atoms with Gasteiger partial charge in [0.2, 0.25) is 0 Å². The van der Waals surface area contributed by atoms with E-state index in [2.05, 4.69) is 43.3 Å². The minimum atomic E-state index is 0.324. The molecule has 18 heavy (non-hydrogen) atoms. The predicted molar refractivity (Wildman–Crippen MR) is 77.6 cm³/mol. The lowest BCUT2D eigenvalue weighted by Gasteiger charge is -2.41. The molecule has 1 heterocycles. The van der Waals surface area contributed by atoms with Gasteiger partial charge in [-0.25, -0.2) is 10.4 Å². The molecule has 3 atom stereocenters. The van der Waals surface area contributed by atoms with Gasteiger partial charge in [-0.1, -0.05) is 30.2 Å². The minimum Gasteiger partial charge on any atom is -0.247 e. The van der Waals surface area contributed by atoms with Crippen LogP contribution in [0.5, 0.6) is 0 Å². The highest BCUT2D eigenvalue weighted by Gasteiger charge is 2.25. The summed E-state index contributed by atoms with van der Waals surface area (Å²) in [6, 6.07) is 9.66. The third-order valence-corrected chi connectivity index (χ3v) is 4.16. The second kappa shape index (κ2) is 6.05. The normalized spacial score (nSPS) is 27.1. The van der Waals surface area contributed by atoms with E-state index in [9.17, 15) is 0 Å². The summed E-state index contributed by atoms with van der Waals surface area (Å²) in [5.41, 5.74) is 4.93. The molecule has 1 saturated heterocycles. The Balaban J connectivity index is 2.01. The van der Waals surface area contributed by atoms with Gasteiger partial charge in [-0.2, -0.15) is 0 Å². The highest BCUT2D eigenvalue weighted by atomic mass is 35.5. The van der Waals surface area contributed by atoms with Gasteiger partial charge in [-0.15, -0.1) is 0 Å². The lowest BCUT2D eigenvalue weighted by molar-refractivity contribution is 0.0320. The Morgan fingerprint density at radius 1 is 1.17 bits per heavy atom. The lowest BCUT2D eigenvalue weighted by atomic mass is 9.99. The molecule has 3 unspecified atom stereocenters. The second-order valence-corrected chi connectivity index (χ2v) is 5.87. The van der Waals surface area contributed by atoms with E-state index in [1.54, 1.807) is 0 Å². The summed E-state index contributed by atoms with van der Waals surface area (Å²) < 4.78 is 0. The van der Waals surface area contributed by atoms with Gasteiger partial charge in [-0.3, -0.25) is 0 Å². The van der Waals surface area contributed by atoms with E-state index in [4.69, 9.17) is 11.6 Å². The molecule has 0 spiro atoms. The SMILES string of the molecule is CC(NN1C(C)CCCC1C)c1ccc(Cl)cc1. The van der Waals surface area contributed by atoms with Crippen molar-refractivity contribution in [1.29, 1.82) is 0 Å². The van der Waals surface area contributed by atoms with Gasteiger partial charge < -0.3 is 0 Å². The van der Waals surface area contributed by atoms with Crippen LogP contribution in [0.2, 0.25) is 5.02 Å². The molecule has 0 aromatic heterocycles. The van der Waals surface area contributed by atoms with Crippen molar-refractivity contribution in [1.82, 2.24) is 10.4 Å². The van der Waals surface area contributed by atoms with E-state index >= 15 is 0 Å². The summed E-state index contributed by atoms with van der Waals surface area (Å²) in [7, 11) is 0. The Labute approximate surface area is 115 Å². The highest BCUT2D eigenvalue weighted by Crippen LogP contribution is 2.23. The molecule has 0 bridgehead atoms. The summed E-state index contributed by atoms with van der Waals surface area (Å²) >= 11 is 5.92. The van der Waals surface area contributed by atoms with Crippen molar-refractivity contribution in [2.75, 3.05) is 0 Å². The highest BCUT2D eigenvalue weighted by molar-refractivity contribution is 6.30. The number of nitrogens with one attached hydrogen (secondary N) is 1. The number of nitrogens with zero attached hydrogens (tertiary/aromatic N) is 1. The molecule has 0 aliphatic carbocycles. The van der Waals surface area contributed by atoms with E-state index in [-0.39, 0.29) is 0 Å². The monoisotopic (exact) mass is 266 g/mol. The van der Waals surface area contributed by atoms with Gasteiger partial charge in [0.1, 0.15) is 0 Å². The fraction of sp³-hybridized carbons (Fsp3) is 0.600. The molecular weight excluding hydrogens is 244 g/mol. The quantitative estimate of drug-likeness (QED) is 0.883. The Bertz CT molecular complexity index is 367. The van der Waals surface area contributed by atoms with E-state index in [0.29, 0.717) is 18.1 Å². The topological polar surface area (TPSA) is 15.3 Å². The summed E-state index contributed by atoms with van der Waals surface area (Å²) in [5, 5.41) is 3.22. The van der Waals surface area contributed by atoms with Crippen molar-refractivity contribution < 1.29 is 0 Å². The average Bonchev–Trinajstić information content (AvgIpc) is 2.34. The average molecular weight is 267 g/mol. The molecule has 0 radical (unpaired) electrons. The largest absolute Gasteiger partial charge is 0.247 e. The molecule has 1 fully saturated rings. The van der Waals surface area contributed by atoms with Crippen molar-refractivity contribution in [2.45, 2.75) is 58.2 Å². The number of piperidine rings is 1. The summed E-state index contributed by atoms with van der Waals surface area (Å²) in [6.45, 7) is 6.81. The van der Waals surface area contributed by atoms with E-state index in [1.807, 2.05) is 12.1 Å². The third-order valence-electron chi connectivity index (χ3n) is 3.91. The summed E-state index contributed by atoms with van der Waals surface area (Å²) in [6.07, 6.45) is 3.91. The number of hydrazine groups is 1. The maximum atomic E-state index is 5.92. The molecule has 1 aromatic carbocycles. The van der Waals surface area contributed by atoms with E-state index in [0.717, 1.165) is 5.02 Å². The standard InChI is InChI=1S/C15H23ClN2/c1-11-5-4-6-12(2)18(11)17-13(3)14-7-9-15(16)10-8-14/h7-13,17H,4-6H2,1-3H3. The van der Waals surface area contributed by atoms with Gasteiger partial charge >= 0.3 is 0 Å². The van der Waals surface area contributed by atoms with Crippen molar-refractivity contribution in [3.8, 4) is 0 Å². The Hall–Kier alpha value is -0.570. The fourth-order valence-corrected chi connectivity index (χ4v) is 2.85. The van der Waals surface area contributed by atoms with Crippen LogP contribution in [0.4, 0.5) is 0 Å². The van der Waals surface area contributed by atoms with Crippen molar-refractivity contribution in [3.63, 3.8) is 0 Å². The van der Waals surface area contributed by atoms with Crippen molar-refractivity contribution >= 4 is 11.6 Å². The van der Waals surface area contributed by atoms with Crippen molar-refractivity contribution in [3.05, 3.63) is 34.9 Å². The molecule has 0 saturated carbocycles. The molecule has 1 aromatic rings. The number of halogens is 1. The summed E-state index contributed by atoms with van der Waals surface area (Å²) in [5.74, 6) is 0. The minimum absolute atomic E-state index is 0.324.